The molecule has 0 saturated carbocycles. The number of amides is 1. The van der Waals surface area contributed by atoms with Gasteiger partial charge in [0, 0.05) is 27.7 Å². The van der Waals surface area contributed by atoms with Crippen molar-refractivity contribution in [2.24, 2.45) is 0 Å². The van der Waals surface area contributed by atoms with Gasteiger partial charge in [0.05, 0.1) is 5.56 Å². The SMILES string of the molecule is CC1(C)C/C(=C\C(=O)Nc2cccc3c2CC(I)CC3)c2ccc(C(F)(F)F)cc2O1. The molecule has 1 amide bonds. The van der Waals surface area contributed by atoms with Crippen LogP contribution in [0.25, 0.3) is 5.57 Å². The summed E-state index contributed by atoms with van der Waals surface area (Å²) in [6.45, 7) is 3.60. The Hall–Kier alpha value is -2.03. The van der Waals surface area contributed by atoms with Crippen molar-refractivity contribution in [2.45, 2.75) is 55.2 Å². The van der Waals surface area contributed by atoms with Gasteiger partial charge in [-0.1, -0.05) is 40.8 Å². The van der Waals surface area contributed by atoms with E-state index in [4.69, 9.17) is 4.74 Å². The number of benzene rings is 2. The summed E-state index contributed by atoms with van der Waals surface area (Å²) in [5.41, 5.74) is 2.93. The Morgan fingerprint density at radius 1 is 1.26 bits per heavy atom. The first-order valence-corrected chi connectivity index (χ1v) is 11.4. The number of anilines is 1. The third kappa shape index (κ3) is 4.91. The van der Waals surface area contributed by atoms with Crippen LogP contribution in [0.3, 0.4) is 0 Å². The van der Waals surface area contributed by atoms with Gasteiger partial charge in [0.15, 0.2) is 0 Å². The van der Waals surface area contributed by atoms with E-state index in [0.717, 1.165) is 37.1 Å². The zero-order valence-electron chi connectivity index (χ0n) is 17.3. The minimum absolute atomic E-state index is 0.148. The summed E-state index contributed by atoms with van der Waals surface area (Å²) < 4.78 is 45.7. The summed E-state index contributed by atoms with van der Waals surface area (Å²) in [5.74, 6) is -0.141. The van der Waals surface area contributed by atoms with Gasteiger partial charge in [-0.3, -0.25) is 4.79 Å². The first kappa shape index (κ1) is 22.2. The predicted octanol–water partition coefficient (Wildman–Crippen LogP) is 6.58. The third-order valence-electron chi connectivity index (χ3n) is 5.65. The third-order valence-corrected chi connectivity index (χ3v) is 6.71. The van der Waals surface area contributed by atoms with E-state index in [1.54, 1.807) is 13.8 Å². The second-order valence-corrected chi connectivity index (χ2v) is 10.5. The molecule has 0 saturated heterocycles. The molecule has 1 N–H and O–H groups in total. The molecule has 0 bridgehead atoms. The van der Waals surface area contributed by atoms with E-state index >= 15 is 0 Å². The van der Waals surface area contributed by atoms with Crippen molar-refractivity contribution in [2.75, 3.05) is 5.32 Å². The molecule has 1 unspecified atom stereocenters. The summed E-state index contributed by atoms with van der Waals surface area (Å²) in [6, 6.07) is 9.37. The number of ether oxygens (including phenoxy) is 1. The Bertz CT molecular complexity index is 1060. The highest BCUT2D eigenvalue weighted by atomic mass is 127. The molecule has 1 atom stereocenters. The maximum Gasteiger partial charge on any atom is 0.416 e. The number of alkyl halides is 4. The quantitative estimate of drug-likeness (QED) is 0.265. The molecule has 1 aliphatic carbocycles. The molecule has 2 aromatic carbocycles. The van der Waals surface area contributed by atoms with Crippen molar-refractivity contribution in [3.63, 3.8) is 0 Å². The van der Waals surface area contributed by atoms with Crippen LogP contribution >= 0.6 is 22.6 Å². The van der Waals surface area contributed by atoms with Crippen LogP contribution in [-0.4, -0.2) is 15.4 Å². The zero-order chi connectivity index (χ0) is 22.4. The van der Waals surface area contributed by atoms with Gasteiger partial charge in [-0.25, -0.2) is 0 Å². The van der Waals surface area contributed by atoms with Crippen LogP contribution in [0.5, 0.6) is 5.75 Å². The van der Waals surface area contributed by atoms with E-state index in [0.29, 0.717) is 21.5 Å². The summed E-state index contributed by atoms with van der Waals surface area (Å²) in [6.07, 6.45) is 0.480. The van der Waals surface area contributed by atoms with Crippen LogP contribution in [0.2, 0.25) is 0 Å². The molecule has 2 aromatic rings. The van der Waals surface area contributed by atoms with E-state index in [1.807, 2.05) is 12.1 Å². The summed E-state index contributed by atoms with van der Waals surface area (Å²) in [7, 11) is 0. The molecule has 31 heavy (non-hydrogen) atoms. The molecule has 3 nitrogen and oxygen atoms in total. The van der Waals surface area contributed by atoms with Crippen molar-refractivity contribution >= 4 is 39.8 Å². The van der Waals surface area contributed by atoms with Crippen LogP contribution in [0.15, 0.2) is 42.5 Å². The monoisotopic (exact) mass is 541 g/mol. The van der Waals surface area contributed by atoms with Crippen molar-refractivity contribution in [1.29, 1.82) is 0 Å². The van der Waals surface area contributed by atoms with Crippen molar-refractivity contribution < 1.29 is 22.7 Å². The summed E-state index contributed by atoms with van der Waals surface area (Å²) in [4.78, 5) is 12.9. The molecule has 0 fully saturated rings. The minimum atomic E-state index is -4.45. The lowest BCUT2D eigenvalue weighted by Crippen LogP contribution is -2.32. The number of rotatable bonds is 2. The van der Waals surface area contributed by atoms with Crippen LogP contribution < -0.4 is 10.1 Å². The van der Waals surface area contributed by atoms with Gasteiger partial charge in [0.1, 0.15) is 11.4 Å². The fourth-order valence-electron chi connectivity index (χ4n) is 4.25. The second-order valence-electron chi connectivity index (χ2n) is 8.69. The number of hydrogen-bond donors (Lipinski definition) is 1. The largest absolute Gasteiger partial charge is 0.487 e. The van der Waals surface area contributed by atoms with Gasteiger partial charge in [-0.15, -0.1) is 0 Å². The lowest BCUT2D eigenvalue weighted by Gasteiger charge is -2.34. The Labute approximate surface area is 193 Å². The summed E-state index contributed by atoms with van der Waals surface area (Å²) >= 11 is 2.44. The maximum atomic E-state index is 13.1. The molecule has 0 spiro atoms. The Morgan fingerprint density at radius 3 is 2.77 bits per heavy atom. The molecule has 164 valence electrons. The normalized spacial score (nSPS) is 21.1. The van der Waals surface area contributed by atoms with Gasteiger partial charge in [0.25, 0.3) is 0 Å². The molecule has 0 aromatic heterocycles. The van der Waals surface area contributed by atoms with E-state index in [2.05, 4.69) is 34.0 Å². The van der Waals surface area contributed by atoms with Gasteiger partial charge >= 0.3 is 6.18 Å². The van der Waals surface area contributed by atoms with Crippen LogP contribution in [0.1, 0.15) is 48.9 Å². The van der Waals surface area contributed by atoms with Gasteiger partial charge < -0.3 is 10.1 Å². The lowest BCUT2D eigenvalue weighted by molar-refractivity contribution is -0.137. The van der Waals surface area contributed by atoms with Crippen LogP contribution in [0, 0.1) is 0 Å². The van der Waals surface area contributed by atoms with E-state index in [-0.39, 0.29) is 11.7 Å². The number of aryl methyl sites for hydroxylation is 1. The van der Waals surface area contributed by atoms with Crippen LogP contribution in [0.4, 0.5) is 18.9 Å². The second kappa shape index (κ2) is 8.15. The van der Waals surface area contributed by atoms with Gasteiger partial charge in [-0.2, -0.15) is 13.2 Å². The Kier molecular flexibility index (Phi) is 5.83. The highest BCUT2D eigenvalue weighted by molar-refractivity contribution is 14.1. The average molecular weight is 541 g/mol. The smallest absolute Gasteiger partial charge is 0.416 e. The molecule has 2 aliphatic rings. The fourth-order valence-corrected chi connectivity index (χ4v) is 5.01. The topological polar surface area (TPSA) is 38.3 Å². The zero-order valence-corrected chi connectivity index (χ0v) is 19.4. The molecular weight excluding hydrogens is 518 g/mol. The standard InChI is InChI=1S/C24H23F3INO2/c1-23(2)13-15(18-9-7-16(24(25,26)27)11-21(18)31-23)10-22(30)29-20-5-3-4-14-6-8-17(28)12-19(14)20/h3-5,7,9-11,17H,6,8,12-13H2,1-2H3,(H,29,30)/b15-10+. The number of fused-ring (bicyclic) bond motifs is 2. The first-order chi connectivity index (χ1) is 14.5. The lowest BCUT2D eigenvalue weighted by atomic mass is 9.88. The molecule has 7 heteroatoms. The molecular formula is C24H23F3INO2. The molecule has 0 radical (unpaired) electrons. The number of nitrogens with one attached hydrogen (secondary N) is 1. The van der Waals surface area contributed by atoms with Gasteiger partial charge in [0.2, 0.25) is 5.91 Å². The highest BCUT2D eigenvalue weighted by Gasteiger charge is 2.35. The number of carbonyl (C=O) groups excluding carboxylic acids is 1. The van der Waals surface area contributed by atoms with Crippen molar-refractivity contribution in [3.05, 3.63) is 64.7 Å². The van der Waals surface area contributed by atoms with Gasteiger partial charge in [-0.05, 0) is 68.0 Å². The first-order valence-electron chi connectivity index (χ1n) is 10.2. The van der Waals surface area contributed by atoms with Crippen molar-refractivity contribution in [1.82, 2.24) is 0 Å². The number of carbonyl (C=O) groups is 1. The van der Waals surface area contributed by atoms with E-state index in [9.17, 15) is 18.0 Å². The number of halogens is 4. The Morgan fingerprint density at radius 2 is 2.03 bits per heavy atom. The molecule has 1 heterocycles. The van der Waals surface area contributed by atoms with E-state index in [1.165, 1.54) is 23.3 Å². The average Bonchev–Trinajstić information content (AvgIpc) is 2.66. The van der Waals surface area contributed by atoms with E-state index < -0.39 is 17.3 Å². The number of hydrogen-bond acceptors (Lipinski definition) is 2. The fraction of sp³-hybridized carbons (Fsp3) is 0.375. The Balaban J connectivity index is 1.64. The minimum Gasteiger partial charge on any atom is -0.487 e. The molecule has 1 aliphatic heterocycles. The highest BCUT2D eigenvalue weighted by Crippen LogP contribution is 2.43. The van der Waals surface area contributed by atoms with Crippen LogP contribution in [-0.2, 0) is 23.8 Å². The van der Waals surface area contributed by atoms with Crippen molar-refractivity contribution in [3.8, 4) is 5.75 Å². The summed E-state index contributed by atoms with van der Waals surface area (Å²) in [5, 5.41) is 2.99. The predicted molar refractivity (Wildman–Crippen MR) is 124 cm³/mol. The molecule has 4 rings (SSSR count). The maximum absolute atomic E-state index is 13.1.